The number of esters is 1. The summed E-state index contributed by atoms with van der Waals surface area (Å²) < 4.78 is 4.76. The summed E-state index contributed by atoms with van der Waals surface area (Å²) in [5.74, 6) is -0.340. The highest BCUT2D eigenvalue weighted by Crippen LogP contribution is 2.23. The average molecular weight is 246 g/mol. The molecule has 0 spiro atoms. The Kier molecular flexibility index (Phi) is 5.11. The van der Waals surface area contributed by atoms with Gasteiger partial charge in [-0.2, -0.15) is 5.10 Å². The molecule has 2 rings (SSSR count). The molecule has 0 unspecified atom stereocenters. The van der Waals surface area contributed by atoms with E-state index in [0.29, 0.717) is 5.56 Å². The number of carbonyl (C=O) groups excluding carboxylic acids is 1. The molecule has 0 fully saturated rings. The van der Waals surface area contributed by atoms with Crippen molar-refractivity contribution in [1.82, 2.24) is 10.2 Å². The van der Waals surface area contributed by atoms with E-state index >= 15 is 0 Å². The van der Waals surface area contributed by atoms with Gasteiger partial charge in [0, 0.05) is 11.8 Å². The van der Waals surface area contributed by atoms with Gasteiger partial charge in [0.05, 0.1) is 18.4 Å². The third-order valence-corrected chi connectivity index (χ3v) is 2.37. The van der Waals surface area contributed by atoms with Crippen LogP contribution >= 0.6 is 0 Å². The maximum atomic E-state index is 11.6. The van der Waals surface area contributed by atoms with Crippen molar-refractivity contribution in [3.8, 4) is 11.3 Å². The smallest absolute Gasteiger partial charge is 0.338 e. The quantitative estimate of drug-likeness (QED) is 0.828. The van der Waals surface area contributed by atoms with Gasteiger partial charge in [0.2, 0.25) is 0 Å². The molecule has 0 radical (unpaired) electrons. The molecule has 96 valence electrons. The Morgan fingerprint density at radius 2 is 2.00 bits per heavy atom. The lowest BCUT2D eigenvalue weighted by atomic mass is 10.0. The summed E-state index contributed by atoms with van der Waals surface area (Å²) in [5, 5.41) is 6.70. The fourth-order valence-electron chi connectivity index (χ4n) is 1.58. The summed E-state index contributed by atoms with van der Waals surface area (Å²) in [7, 11) is 1.38. The Bertz CT molecular complexity index is 505. The second-order valence-corrected chi connectivity index (χ2v) is 3.51. The van der Waals surface area contributed by atoms with Gasteiger partial charge in [0.15, 0.2) is 0 Å². The molecule has 0 saturated heterocycles. The molecule has 0 aliphatic rings. The van der Waals surface area contributed by atoms with E-state index in [0.717, 1.165) is 16.8 Å². The van der Waals surface area contributed by atoms with E-state index < -0.39 is 0 Å². The number of aryl methyl sites for hydroxylation is 1. The van der Waals surface area contributed by atoms with E-state index in [-0.39, 0.29) is 5.97 Å². The fraction of sp³-hybridized carbons (Fsp3) is 0.286. The monoisotopic (exact) mass is 246 g/mol. The van der Waals surface area contributed by atoms with Gasteiger partial charge in [-0.15, -0.1) is 0 Å². The van der Waals surface area contributed by atoms with E-state index in [9.17, 15) is 4.79 Å². The van der Waals surface area contributed by atoms with Gasteiger partial charge < -0.3 is 4.74 Å². The molecule has 0 aliphatic carbocycles. The first kappa shape index (κ1) is 14.0. The summed E-state index contributed by atoms with van der Waals surface area (Å²) in [4.78, 5) is 11.6. The van der Waals surface area contributed by atoms with Crippen molar-refractivity contribution in [2.75, 3.05) is 7.11 Å². The molecule has 0 saturated carbocycles. The van der Waals surface area contributed by atoms with Crippen LogP contribution in [0.4, 0.5) is 0 Å². The molecule has 1 N–H and O–H groups in total. The molecular weight excluding hydrogens is 228 g/mol. The van der Waals surface area contributed by atoms with E-state index in [4.69, 9.17) is 4.74 Å². The fourth-order valence-corrected chi connectivity index (χ4v) is 1.58. The number of benzene rings is 1. The molecule has 4 heteroatoms. The van der Waals surface area contributed by atoms with Gasteiger partial charge in [-0.05, 0) is 19.1 Å². The van der Waals surface area contributed by atoms with Crippen LogP contribution in [0.15, 0.2) is 30.5 Å². The zero-order valence-electron chi connectivity index (χ0n) is 11.2. The molecule has 1 heterocycles. The molecule has 0 atom stereocenters. The summed E-state index contributed by atoms with van der Waals surface area (Å²) >= 11 is 0. The molecule has 0 bridgehead atoms. The van der Waals surface area contributed by atoms with Gasteiger partial charge in [-0.3, -0.25) is 5.10 Å². The van der Waals surface area contributed by atoms with Crippen molar-refractivity contribution < 1.29 is 9.53 Å². The number of aromatic amines is 1. The summed E-state index contributed by atoms with van der Waals surface area (Å²) in [5.41, 5.74) is 3.17. The van der Waals surface area contributed by atoms with E-state index in [1.54, 1.807) is 6.20 Å². The van der Waals surface area contributed by atoms with Gasteiger partial charge in [0.1, 0.15) is 0 Å². The first-order valence-corrected chi connectivity index (χ1v) is 5.91. The zero-order chi connectivity index (χ0) is 13.5. The van der Waals surface area contributed by atoms with Gasteiger partial charge in [0.25, 0.3) is 0 Å². The standard InChI is InChI=1S/C12H12N2O2.C2H6/c1-8-3-4-9(11-5-6-13-14-11)10(7-8)12(15)16-2;1-2/h3-7H,1-2H3,(H,13,14);1-2H3. The van der Waals surface area contributed by atoms with E-state index in [2.05, 4.69) is 10.2 Å². The second-order valence-electron chi connectivity index (χ2n) is 3.51. The van der Waals surface area contributed by atoms with Gasteiger partial charge >= 0.3 is 5.97 Å². The van der Waals surface area contributed by atoms with Crippen molar-refractivity contribution in [3.63, 3.8) is 0 Å². The van der Waals surface area contributed by atoms with Crippen LogP contribution in [0.1, 0.15) is 29.8 Å². The van der Waals surface area contributed by atoms with Crippen LogP contribution < -0.4 is 0 Å². The number of methoxy groups -OCH3 is 1. The molecule has 1 aromatic heterocycles. The maximum Gasteiger partial charge on any atom is 0.338 e. The number of H-pyrrole nitrogens is 1. The molecular formula is C14H18N2O2. The topological polar surface area (TPSA) is 55.0 Å². The normalized spacial score (nSPS) is 9.33. The predicted octanol–water partition coefficient (Wildman–Crippen LogP) is 3.20. The Hall–Kier alpha value is -2.10. The van der Waals surface area contributed by atoms with Crippen molar-refractivity contribution in [1.29, 1.82) is 0 Å². The number of hydrogen-bond donors (Lipinski definition) is 1. The lowest BCUT2D eigenvalue weighted by Gasteiger charge is -2.06. The lowest BCUT2D eigenvalue weighted by molar-refractivity contribution is 0.0601. The largest absolute Gasteiger partial charge is 0.465 e. The molecule has 2 aromatic rings. The van der Waals surface area contributed by atoms with Crippen LogP contribution in [0, 0.1) is 6.92 Å². The molecule has 0 amide bonds. The minimum Gasteiger partial charge on any atom is -0.465 e. The van der Waals surface area contributed by atoms with Crippen LogP contribution in [-0.4, -0.2) is 23.3 Å². The van der Waals surface area contributed by atoms with Crippen molar-refractivity contribution in [2.45, 2.75) is 20.8 Å². The second kappa shape index (κ2) is 6.59. The summed E-state index contributed by atoms with van der Waals surface area (Å²) in [6.45, 7) is 5.93. The highest BCUT2D eigenvalue weighted by Gasteiger charge is 2.13. The molecule has 0 aliphatic heterocycles. The minimum absolute atomic E-state index is 0.340. The molecule has 18 heavy (non-hydrogen) atoms. The predicted molar refractivity (Wildman–Crippen MR) is 71.4 cm³/mol. The maximum absolute atomic E-state index is 11.6. The SMILES string of the molecule is CC.COC(=O)c1cc(C)ccc1-c1ccn[nH]1. The van der Waals surface area contributed by atoms with Crippen LogP contribution in [0.3, 0.4) is 0 Å². The van der Waals surface area contributed by atoms with E-state index in [1.807, 2.05) is 45.0 Å². The Morgan fingerprint density at radius 3 is 2.56 bits per heavy atom. The van der Waals surface area contributed by atoms with Crippen LogP contribution in [0.25, 0.3) is 11.3 Å². The number of carbonyl (C=O) groups is 1. The number of aromatic nitrogens is 2. The Labute approximate surface area is 107 Å². The molecule has 1 aromatic carbocycles. The molecule has 4 nitrogen and oxygen atoms in total. The Morgan fingerprint density at radius 1 is 1.28 bits per heavy atom. The van der Waals surface area contributed by atoms with Gasteiger partial charge in [-0.25, -0.2) is 4.79 Å². The van der Waals surface area contributed by atoms with Crippen LogP contribution in [0.5, 0.6) is 0 Å². The first-order valence-electron chi connectivity index (χ1n) is 5.91. The minimum atomic E-state index is -0.340. The highest BCUT2D eigenvalue weighted by molar-refractivity contribution is 5.96. The number of nitrogens with zero attached hydrogens (tertiary/aromatic N) is 1. The van der Waals surface area contributed by atoms with E-state index in [1.165, 1.54) is 7.11 Å². The van der Waals surface area contributed by atoms with Crippen molar-refractivity contribution >= 4 is 5.97 Å². The number of hydrogen-bond acceptors (Lipinski definition) is 3. The van der Waals surface area contributed by atoms with Crippen molar-refractivity contribution in [2.24, 2.45) is 0 Å². The Balaban J connectivity index is 0.000000771. The van der Waals surface area contributed by atoms with Crippen LogP contribution in [0.2, 0.25) is 0 Å². The third-order valence-electron chi connectivity index (χ3n) is 2.37. The average Bonchev–Trinajstić information content (AvgIpc) is 2.94. The highest BCUT2D eigenvalue weighted by atomic mass is 16.5. The van der Waals surface area contributed by atoms with Gasteiger partial charge in [-0.1, -0.05) is 31.5 Å². The summed E-state index contributed by atoms with van der Waals surface area (Å²) in [6.07, 6.45) is 1.65. The summed E-state index contributed by atoms with van der Waals surface area (Å²) in [6, 6.07) is 7.46. The first-order chi connectivity index (χ1) is 8.72. The van der Waals surface area contributed by atoms with Crippen molar-refractivity contribution in [3.05, 3.63) is 41.6 Å². The number of rotatable bonds is 2. The zero-order valence-corrected chi connectivity index (χ0v) is 11.2. The number of ether oxygens (including phenoxy) is 1. The third kappa shape index (κ3) is 2.97. The van der Waals surface area contributed by atoms with Crippen LogP contribution in [-0.2, 0) is 4.74 Å². The lowest BCUT2D eigenvalue weighted by Crippen LogP contribution is -2.04. The number of nitrogens with one attached hydrogen (secondary N) is 1.